The van der Waals surface area contributed by atoms with Crippen LogP contribution >= 0.6 is 0 Å². The van der Waals surface area contributed by atoms with E-state index in [1.165, 1.54) is 18.4 Å². The minimum Gasteiger partial charge on any atom is -0.481 e. The predicted molar refractivity (Wildman–Crippen MR) is 53.2 cm³/mol. The van der Waals surface area contributed by atoms with Crippen LogP contribution in [-0.2, 0) is 11.2 Å². The molecule has 1 heterocycles. The van der Waals surface area contributed by atoms with Gasteiger partial charge in [-0.05, 0) is 12.1 Å². The average molecular weight is 221 g/mol. The topological polar surface area (TPSA) is 63.3 Å². The Morgan fingerprint density at radius 3 is 3.00 bits per heavy atom. The first-order valence-corrected chi connectivity index (χ1v) is 4.57. The molecule has 2 aromatic rings. The zero-order valence-electron chi connectivity index (χ0n) is 8.18. The maximum absolute atomic E-state index is 12.9. The second-order valence-electron chi connectivity index (χ2n) is 3.21. The molecule has 1 aromatic heterocycles. The second-order valence-corrected chi connectivity index (χ2v) is 3.21. The summed E-state index contributed by atoms with van der Waals surface area (Å²) >= 11 is 0. The smallest absolute Gasteiger partial charge is 0.312 e. The molecule has 0 bridgehead atoms. The summed E-state index contributed by atoms with van der Waals surface area (Å²) < 4.78 is 17.9. The van der Waals surface area contributed by atoms with Gasteiger partial charge in [-0.15, -0.1) is 0 Å². The predicted octanol–water partition coefficient (Wildman–Crippen LogP) is 2.11. The van der Waals surface area contributed by atoms with Gasteiger partial charge in [-0.1, -0.05) is 12.1 Å². The van der Waals surface area contributed by atoms with Gasteiger partial charge in [0.05, 0.1) is 0 Å². The first-order chi connectivity index (χ1) is 7.65. The Kier molecular flexibility index (Phi) is 2.68. The highest BCUT2D eigenvalue weighted by Gasteiger charge is 2.09. The Morgan fingerprint density at radius 2 is 2.31 bits per heavy atom. The Balaban J connectivity index is 2.28. The van der Waals surface area contributed by atoms with Crippen LogP contribution in [0, 0.1) is 5.82 Å². The normalized spacial score (nSPS) is 10.3. The first kappa shape index (κ1) is 10.4. The number of hydrogen-bond donors (Lipinski definition) is 1. The van der Waals surface area contributed by atoms with E-state index in [0.29, 0.717) is 11.3 Å². The average Bonchev–Trinajstić information content (AvgIpc) is 2.65. The Labute approximate surface area is 90.4 Å². The van der Waals surface area contributed by atoms with Gasteiger partial charge in [0.15, 0.2) is 0 Å². The van der Waals surface area contributed by atoms with Crippen molar-refractivity contribution in [2.75, 3.05) is 0 Å². The SMILES string of the molecule is O=C(O)Cc1nc(-c2cccc(F)c2)co1. The minimum atomic E-state index is -1.02. The number of benzene rings is 1. The van der Waals surface area contributed by atoms with E-state index in [0.717, 1.165) is 0 Å². The third-order valence-electron chi connectivity index (χ3n) is 1.97. The van der Waals surface area contributed by atoms with E-state index in [9.17, 15) is 9.18 Å². The third-order valence-corrected chi connectivity index (χ3v) is 1.97. The summed E-state index contributed by atoms with van der Waals surface area (Å²) in [6.45, 7) is 0. The number of nitrogens with zero attached hydrogens (tertiary/aromatic N) is 1. The number of carboxylic acids is 1. The van der Waals surface area contributed by atoms with Crippen LogP contribution in [0.15, 0.2) is 34.9 Å². The van der Waals surface area contributed by atoms with Crippen LogP contribution in [-0.4, -0.2) is 16.1 Å². The number of aromatic nitrogens is 1. The molecule has 0 aliphatic rings. The molecule has 1 N–H and O–H groups in total. The van der Waals surface area contributed by atoms with E-state index in [2.05, 4.69) is 4.98 Å². The lowest BCUT2D eigenvalue weighted by atomic mass is 10.2. The van der Waals surface area contributed by atoms with Gasteiger partial charge >= 0.3 is 5.97 Å². The molecular weight excluding hydrogens is 213 g/mol. The fourth-order valence-corrected chi connectivity index (χ4v) is 1.30. The maximum atomic E-state index is 12.9. The molecule has 0 spiro atoms. The van der Waals surface area contributed by atoms with Gasteiger partial charge in [-0.25, -0.2) is 9.37 Å². The molecule has 82 valence electrons. The van der Waals surface area contributed by atoms with Crippen LogP contribution in [0.4, 0.5) is 4.39 Å². The molecule has 0 saturated heterocycles. The highest BCUT2D eigenvalue weighted by Crippen LogP contribution is 2.19. The van der Waals surface area contributed by atoms with Crippen molar-refractivity contribution in [3.05, 3.63) is 42.2 Å². The van der Waals surface area contributed by atoms with Gasteiger partial charge in [0.25, 0.3) is 0 Å². The third kappa shape index (κ3) is 2.25. The van der Waals surface area contributed by atoms with E-state index in [4.69, 9.17) is 9.52 Å². The second kappa shape index (κ2) is 4.14. The molecule has 0 amide bonds. The van der Waals surface area contributed by atoms with E-state index >= 15 is 0 Å². The molecule has 0 atom stereocenters. The fraction of sp³-hybridized carbons (Fsp3) is 0.0909. The van der Waals surface area contributed by atoms with E-state index in [1.807, 2.05) is 0 Å². The molecule has 5 heteroatoms. The van der Waals surface area contributed by atoms with Crippen LogP contribution in [0.25, 0.3) is 11.3 Å². The van der Waals surface area contributed by atoms with Crippen LogP contribution in [0.2, 0.25) is 0 Å². The standard InChI is InChI=1S/C11H8FNO3/c12-8-3-1-2-7(4-8)9-6-16-10(13-9)5-11(14)15/h1-4,6H,5H2,(H,14,15). The summed E-state index contributed by atoms with van der Waals surface area (Å²) in [5, 5.41) is 8.53. The van der Waals surface area contributed by atoms with Crippen molar-refractivity contribution in [1.29, 1.82) is 0 Å². The quantitative estimate of drug-likeness (QED) is 0.862. The van der Waals surface area contributed by atoms with E-state index < -0.39 is 5.97 Å². The van der Waals surface area contributed by atoms with Crippen LogP contribution < -0.4 is 0 Å². The monoisotopic (exact) mass is 221 g/mol. The number of hydrogen-bond acceptors (Lipinski definition) is 3. The van der Waals surface area contributed by atoms with Crippen LogP contribution in [0.3, 0.4) is 0 Å². The van der Waals surface area contributed by atoms with E-state index in [-0.39, 0.29) is 18.1 Å². The van der Waals surface area contributed by atoms with Crippen molar-refractivity contribution < 1.29 is 18.7 Å². The lowest BCUT2D eigenvalue weighted by Crippen LogP contribution is -1.99. The Bertz CT molecular complexity index is 521. The molecule has 0 aliphatic carbocycles. The number of halogens is 1. The maximum Gasteiger partial charge on any atom is 0.312 e. The highest BCUT2D eigenvalue weighted by molar-refractivity contribution is 5.69. The molecule has 1 aromatic carbocycles. The molecule has 0 unspecified atom stereocenters. The van der Waals surface area contributed by atoms with Gasteiger partial charge in [-0.3, -0.25) is 4.79 Å². The zero-order chi connectivity index (χ0) is 11.5. The summed E-state index contributed by atoms with van der Waals surface area (Å²) in [4.78, 5) is 14.4. The Hall–Kier alpha value is -2.17. The van der Waals surface area contributed by atoms with Crippen molar-refractivity contribution in [2.24, 2.45) is 0 Å². The summed E-state index contributed by atoms with van der Waals surface area (Å²) in [6, 6.07) is 5.85. The summed E-state index contributed by atoms with van der Waals surface area (Å²) in [5.74, 6) is -1.29. The highest BCUT2D eigenvalue weighted by atomic mass is 19.1. The molecule has 0 saturated carbocycles. The number of oxazole rings is 1. The molecule has 2 rings (SSSR count). The van der Waals surface area contributed by atoms with Crippen molar-refractivity contribution in [3.8, 4) is 11.3 Å². The van der Waals surface area contributed by atoms with Crippen molar-refractivity contribution >= 4 is 5.97 Å². The molecule has 0 radical (unpaired) electrons. The van der Waals surface area contributed by atoms with E-state index in [1.54, 1.807) is 12.1 Å². The lowest BCUT2D eigenvalue weighted by Gasteiger charge is -1.94. The first-order valence-electron chi connectivity index (χ1n) is 4.57. The van der Waals surface area contributed by atoms with Gasteiger partial charge in [0, 0.05) is 5.56 Å². The van der Waals surface area contributed by atoms with Gasteiger partial charge in [-0.2, -0.15) is 0 Å². The van der Waals surface area contributed by atoms with Crippen molar-refractivity contribution in [3.63, 3.8) is 0 Å². The lowest BCUT2D eigenvalue weighted by molar-refractivity contribution is -0.136. The van der Waals surface area contributed by atoms with Crippen LogP contribution in [0.1, 0.15) is 5.89 Å². The number of rotatable bonds is 3. The summed E-state index contributed by atoms with van der Waals surface area (Å²) in [5.41, 5.74) is 0.983. The number of carboxylic acid groups (broad SMARTS) is 1. The fourth-order valence-electron chi connectivity index (χ4n) is 1.30. The Morgan fingerprint density at radius 1 is 1.50 bits per heavy atom. The van der Waals surface area contributed by atoms with Crippen molar-refractivity contribution in [2.45, 2.75) is 6.42 Å². The molecule has 0 aliphatic heterocycles. The summed E-state index contributed by atoms with van der Waals surface area (Å²) in [7, 11) is 0. The van der Waals surface area contributed by atoms with Gasteiger partial charge in [0.2, 0.25) is 5.89 Å². The zero-order valence-corrected chi connectivity index (χ0v) is 8.18. The number of aliphatic carboxylic acids is 1. The van der Waals surface area contributed by atoms with Crippen molar-refractivity contribution in [1.82, 2.24) is 4.98 Å². The molecule has 4 nitrogen and oxygen atoms in total. The molecular formula is C11H8FNO3. The van der Waals surface area contributed by atoms with Crippen LogP contribution in [0.5, 0.6) is 0 Å². The molecule has 16 heavy (non-hydrogen) atoms. The largest absolute Gasteiger partial charge is 0.481 e. The summed E-state index contributed by atoms with van der Waals surface area (Å²) in [6.07, 6.45) is 1.03. The minimum absolute atomic E-state index is 0.103. The van der Waals surface area contributed by atoms with Gasteiger partial charge < -0.3 is 9.52 Å². The molecule has 0 fully saturated rings. The number of carbonyl (C=O) groups is 1. The van der Waals surface area contributed by atoms with Gasteiger partial charge in [0.1, 0.15) is 24.2 Å².